The number of fused-ring (bicyclic) bond motifs is 1. The van der Waals surface area contributed by atoms with Crippen molar-refractivity contribution >= 4 is 16.9 Å². The molecule has 0 saturated heterocycles. The lowest BCUT2D eigenvalue weighted by Gasteiger charge is -2.07. The molecule has 4 rings (SSSR count). The summed E-state index contributed by atoms with van der Waals surface area (Å²) in [7, 11) is 0. The fourth-order valence-electron chi connectivity index (χ4n) is 2.64. The molecular formula is C19H17N5O. The van der Waals surface area contributed by atoms with Crippen molar-refractivity contribution in [3.63, 3.8) is 0 Å². The van der Waals surface area contributed by atoms with Crippen LogP contribution in [0.15, 0.2) is 48.7 Å². The summed E-state index contributed by atoms with van der Waals surface area (Å²) in [6.07, 6.45) is 1.51. The Labute approximate surface area is 144 Å². The first-order chi connectivity index (χ1) is 12.1. The van der Waals surface area contributed by atoms with Gasteiger partial charge in [0.15, 0.2) is 17.3 Å². The quantitative estimate of drug-likeness (QED) is 0.592. The lowest BCUT2D eigenvalue weighted by atomic mass is 10.2. The number of aromatic amines is 1. The number of H-pyrrole nitrogens is 1. The van der Waals surface area contributed by atoms with Crippen molar-refractivity contribution in [1.82, 2.24) is 19.9 Å². The number of rotatable bonds is 3. The Hall–Kier alpha value is -3.41. The molecule has 3 N–H and O–H groups in total. The maximum atomic E-state index is 6.00. The number of nitrogen functional groups attached to an aromatic ring is 1. The van der Waals surface area contributed by atoms with Crippen molar-refractivity contribution in [2.24, 2.45) is 0 Å². The standard InChI is InChI=1S/C19H17N5O/c1-11-4-3-5-13(8-11)25-16-10-21-18(20)17(24-16)19-22-14-7-6-12(2)9-15(14)23-19/h3-10H,1-2H3,(H2,20,21)(H,22,23). The maximum absolute atomic E-state index is 6.00. The topological polar surface area (TPSA) is 89.7 Å². The normalized spacial score (nSPS) is 11.0. The lowest BCUT2D eigenvalue weighted by Crippen LogP contribution is -2.00. The summed E-state index contributed by atoms with van der Waals surface area (Å²) in [6.45, 7) is 4.04. The minimum absolute atomic E-state index is 0.298. The van der Waals surface area contributed by atoms with Gasteiger partial charge in [-0.15, -0.1) is 0 Å². The number of anilines is 1. The van der Waals surface area contributed by atoms with Gasteiger partial charge in [-0.1, -0.05) is 18.2 Å². The van der Waals surface area contributed by atoms with Gasteiger partial charge in [0.25, 0.3) is 0 Å². The van der Waals surface area contributed by atoms with Crippen molar-refractivity contribution in [3.8, 4) is 23.1 Å². The van der Waals surface area contributed by atoms with E-state index in [4.69, 9.17) is 10.5 Å². The molecule has 0 spiro atoms. The molecule has 4 aromatic rings. The van der Waals surface area contributed by atoms with Gasteiger partial charge < -0.3 is 15.5 Å². The van der Waals surface area contributed by atoms with E-state index in [1.165, 1.54) is 6.20 Å². The highest BCUT2D eigenvalue weighted by Gasteiger charge is 2.13. The molecule has 25 heavy (non-hydrogen) atoms. The number of aromatic nitrogens is 4. The van der Waals surface area contributed by atoms with Crippen molar-refractivity contribution in [1.29, 1.82) is 0 Å². The van der Waals surface area contributed by atoms with Crippen LogP contribution in [-0.4, -0.2) is 19.9 Å². The molecule has 0 radical (unpaired) electrons. The summed E-state index contributed by atoms with van der Waals surface area (Å²) in [4.78, 5) is 16.5. The van der Waals surface area contributed by atoms with Crippen LogP contribution in [0.3, 0.4) is 0 Å². The third-order valence-corrected chi connectivity index (χ3v) is 3.85. The molecule has 6 nitrogen and oxygen atoms in total. The second-order valence-electron chi connectivity index (χ2n) is 5.97. The fraction of sp³-hybridized carbons (Fsp3) is 0.105. The smallest absolute Gasteiger partial charge is 0.238 e. The Morgan fingerprint density at radius 3 is 2.68 bits per heavy atom. The molecule has 0 aliphatic heterocycles. The summed E-state index contributed by atoms with van der Waals surface area (Å²) in [5, 5.41) is 0. The Morgan fingerprint density at radius 2 is 1.84 bits per heavy atom. The van der Waals surface area contributed by atoms with Gasteiger partial charge >= 0.3 is 0 Å². The zero-order valence-electron chi connectivity index (χ0n) is 13.9. The van der Waals surface area contributed by atoms with Gasteiger partial charge in [0.05, 0.1) is 17.2 Å². The number of hydrogen-bond donors (Lipinski definition) is 2. The monoisotopic (exact) mass is 331 g/mol. The SMILES string of the molecule is Cc1cccc(Oc2cnc(N)c(-c3nc4ccc(C)cc4[nH]3)n2)c1. The summed E-state index contributed by atoms with van der Waals surface area (Å²) in [5.41, 5.74) is 10.5. The molecule has 0 aliphatic rings. The molecule has 0 atom stereocenters. The van der Waals surface area contributed by atoms with E-state index in [1.807, 2.05) is 56.3 Å². The van der Waals surface area contributed by atoms with Crippen molar-refractivity contribution in [3.05, 3.63) is 59.8 Å². The van der Waals surface area contributed by atoms with Gasteiger partial charge in [0.1, 0.15) is 5.75 Å². The zero-order chi connectivity index (χ0) is 17.4. The van der Waals surface area contributed by atoms with Crippen LogP contribution in [0.25, 0.3) is 22.6 Å². The van der Waals surface area contributed by atoms with Crippen molar-refractivity contribution < 1.29 is 4.74 Å². The summed E-state index contributed by atoms with van der Waals surface area (Å²) >= 11 is 0. The van der Waals surface area contributed by atoms with Crippen molar-refractivity contribution in [2.45, 2.75) is 13.8 Å². The minimum Gasteiger partial charge on any atom is -0.437 e. The molecule has 0 fully saturated rings. The highest BCUT2D eigenvalue weighted by Crippen LogP contribution is 2.27. The van der Waals surface area contributed by atoms with Crippen molar-refractivity contribution in [2.75, 3.05) is 5.73 Å². The van der Waals surface area contributed by atoms with Crippen LogP contribution < -0.4 is 10.5 Å². The molecule has 0 amide bonds. The van der Waals surface area contributed by atoms with E-state index in [0.717, 1.165) is 22.2 Å². The fourth-order valence-corrected chi connectivity index (χ4v) is 2.64. The van der Waals surface area contributed by atoms with E-state index in [9.17, 15) is 0 Å². The molecular weight excluding hydrogens is 314 g/mol. The maximum Gasteiger partial charge on any atom is 0.238 e. The van der Waals surface area contributed by atoms with E-state index in [-0.39, 0.29) is 0 Å². The summed E-state index contributed by atoms with van der Waals surface area (Å²) < 4.78 is 5.80. The van der Waals surface area contributed by atoms with E-state index < -0.39 is 0 Å². The molecule has 2 heterocycles. The van der Waals surface area contributed by atoms with Crippen LogP contribution in [0.2, 0.25) is 0 Å². The Kier molecular flexibility index (Phi) is 3.57. The first-order valence-electron chi connectivity index (χ1n) is 7.92. The predicted molar refractivity (Wildman–Crippen MR) is 97.5 cm³/mol. The number of benzene rings is 2. The van der Waals surface area contributed by atoms with Crippen LogP contribution in [0.5, 0.6) is 11.6 Å². The molecule has 124 valence electrons. The first-order valence-corrected chi connectivity index (χ1v) is 7.92. The first kappa shape index (κ1) is 15.1. The number of aryl methyl sites for hydroxylation is 2. The molecule has 2 aromatic carbocycles. The molecule has 0 aliphatic carbocycles. The van der Waals surface area contributed by atoms with Gasteiger partial charge in [0.2, 0.25) is 5.88 Å². The second-order valence-corrected chi connectivity index (χ2v) is 5.97. The second kappa shape index (κ2) is 5.90. The minimum atomic E-state index is 0.298. The third-order valence-electron chi connectivity index (χ3n) is 3.85. The third kappa shape index (κ3) is 3.01. The van der Waals surface area contributed by atoms with E-state index >= 15 is 0 Å². The lowest BCUT2D eigenvalue weighted by molar-refractivity contribution is 0.460. The van der Waals surface area contributed by atoms with E-state index in [1.54, 1.807) is 0 Å². The van der Waals surface area contributed by atoms with Crippen LogP contribution in [0, 0.1) is 13.8 Å². The van der Waals surface area contributed by atoms with Crippen LogP contribution in [-0.2, 0) is 0 Å². The largest absolute Gasteiger partial charge is 0.437 e. The van der Waals surface area contributed by atoms with Gasteiger partial charge in [-0.3, -0.25) is 0 Å². The molecule has 0 unspecified atom stereocenters. The van der Waals surface area contributed by atoms with Crippen LogP contribution >= 0.6 is 0 Å². The molecule has 0 bridgehead atoms. The highest BCUT2D eigenvalue weighted by atomic mass is 16.5. The number of nitrogens with zero attached hydrogens (tertiary/aromatic N) is 3. The Balaban J connectivity index is 1.73. The number of hydrogen-bond acceptors (Lipinski definition) is 5. The van der Waals surface area contributed by atoms with Gasteiger partial charge in [-0.2, -0.15) is 0 Å². The van der Waals surface area contributed by atoms with Gasteiger partial charge in [-0.05, 0) is 49.2 Å². The van der Waals surface area contributed by atoms with E-state index in [0.29, 0.717) is 29.0 Å². The average Bonchev–Trinajstić information content (AvgIpc) is 2.99. The average molecular weight is 331 g/mol. The Morgan fingerprint density at radius 1 is 1.00 bits per heavy atom. The molecule has 6 heteroatoms. The summed E-state index contributed by atoms with van der Waals surface area (Å²) in [6, 6.07) is 13.7. The number of nitrogens with two attached hydrogens (primary N) is 1. The van der Waals surface area contributed by atoms with E-state index in [2.05, 4.69) is 19.9 Å². The highest BCUT2D eigenvalue weighted by molar-refractivity contribution is 5.81. The van der Waals surface area contributed by atoms with Crippen LogP contribution in [0.4, 0.5) is 5.82 Å². The van der Waals surface area contributed by atoms with Gasteiger partial charge in [0, 0.05) is 0 Å². The molecule has 0 saturated carbocycles. The zero-order valence-corrected chi connectivity index (χ0v) is 13.9. The van der Waals surface area contributed by atoms with Gasteiger partial charge in [-0.25, -0.2) is 15.0 Å². The number of ether oxygens (including phenoxy) is 1. The van der Waals surface area contributed by atoms with Crippen LogP contribution in [0.1, 0.15) is 11.1 Å². The Bertz CT molecular complexity index is 1070. The number of imidazole rings is 1. The summed E-state index contributed by atoms with van der Waals surface area (Å²) in [5.74, 6) is 1.93. The molecule has 2 aromatic heterocycles. The predicted octanol–water partition coefficient (Wildman–Crippen LogP) is 4.01. The number of nitrogens with one attached hydrogen (secondary N) is 1.